The highest BCUT2D eigenvalue weighted by Crippen LogP contribution is 2.11. The molecule has 0 spiro atoms. The van der Waals surface area contributed by atoms with Crippen LogP contribution in [0.3, 0.4) is 0 Å². The van der Waals surface area contributed by atoms with Crippen LogP contribution in [0.4, 0.5) is 8.78 Å². The van der Waals surface area contributed by atoms with Crippen molar-refractivity contribution in [3.05, 3.63) is 52.4 Å². The summed E-state index contributed by atoms with van der Waals surface area (Å²) in [6.45, 7) is 4.09. The Morgan fingerprint density at radius 2 is 1.96 bits per heavy atom. The topological polar surface area (TPSA) is 84.2 Å². The number of benzene rings is 1. The molecule has 0 radical (unpaired) electrons. The third-order valence-electron chi connectivity index (χ3n) is 3.69. The molecule has 0 saturated carbocycles. The van der Waals surface area contributed by atoms with E-state index in [0.29, 0.717) is 24.8 Å². The van der Waals surface area contributed by atoms with E-state index >= 15 is 0 Å². The van der Waals surface area contributed by atoms with Gasteiger partial charge in [-0.1, -0.05) is 5.16 Å². The Hall–Kier alpha value is -2.77. The number of carbonyl (C=O) groups excluding carboxylic acids is 2. The molecule has 0 aliphatic carbocycles. The lowest BCUT2D eigenvalue weighted by Crippen LogP contribution is -2.28. The molecule has 1 aromatic heterocycles. The molecule has 0 aliphatic rings. The molecule has 0 fully saturated rings. The molecule has 2 amide bonds. The summed E-state index contributed by atoms with van der Waals surface area (Å²) in [5.74, 6) is -1.83. The second-order valence-corrected chi connectivity index (χ2v) is 5.56. The number of aromatic nitrogens is 1. The van der Waals surface area contributed by atoms with E-state index in [1.165, 1.54) is 0 Å². The van der Waals surface area contributed by atoms with E-state index in [0.717, 1.165) is 23.4 Å². The monoisotopic (exact) mass is 351 g/mol. The summed E-state index contributed by atoms with van der Waals surface area (Å²) >= 11 is 0. The lowest BCUT2D eigenvalue weighted by Gasteiger charge is -2.07. The summed E-state index contributed by atoms with van der Waals surface area (Å²) in [5, 5.41) is 9.05. The first-order valence-corrected chi connectivity index (χ1v) is 7.80. The van der Waals surface area contributed by atoms with Gasteiger partial charge in [0.05, 0.1) is 11.3 Å². The maximum atomic E-state index is 13.5. The second kappa shape index (κ2) is 8.36. The first-order chi connectivity index (χ1) is 11.9. The van der Waals surface area contributed by atoms with Crippen molar-refractivity contribution in [2.45, 2.75) is 33.2 Å². The average molecular weight is 351 g/mol. The lowest BCUT2D eigenvalue weighted by molar-refractivity contribution is -0.121. The van der Waals surface area contributed by atoms with Gasteiger partial charge < -0.3 is 15.2 Å². The van der Waals surface area contributed by atoms with Crippen LogP contribution in [0.25, 0.3) is 0 Å². The number of nitrogens with one attached hydrogen (secondary N) is 2. The van der Waals surface area contributed by atoms with Crippen molar-refractivity contribution in [1.82, 2.24) is 15.8 Å². The summed E-state index contributed by atoms with van der Waals surface area (Å²) in [6, 6.07) is 2.74. The number of halogens is 2. The van der Waals surface area contributed by atoms with Gasteiger partial charge in [-0.25, -0.2) is 8.78 Å². The number of carbonyl (C=O) groups is 2. The molecule has 2 aromatic rings. The standard InChI is InChI=1S/C17H19F2N3O3/c1-10-14(11(2)25-22-10)9-21-16(23)4-3-7-20-17(24)13-6-5-12(18)8-15(13)19/h5-6,8H,3-4,7,9H2,1-2H3,(H,20,24)(H,21,23). The fraction of sp³-hybridized carbons (Fsp3) is 0.353. The van der Waals surface area contributed by atoms with E-state index in [-0.39, 0.29) is 24.4 Å². The summed E-state index contributed by atoms with van der Waals surface area (Å²) in [7, 11) is 0. The quantitative estimate of drug-likeness (QED) is 0.750. The van der Waals surface area contributed by atoms with Crippen LogP contribution in [0.1, 0.15) is 40.2 Å². The number of nitrogens with zero attached hydrogens (tertiary/aromatic N) is 1. The Morgan fingerprint density at radius 1 is 1.20 bits per heavy atom. The van der Waals surface area contributed by atoms with Gasteiger partial charge in [0.15, 0.2) is 0 Å². The van der Waals surface area contributed by atoms with Crippen LogP contribution in [0, 0.1) is 25.5 Å². The van der Waals surface area contributed by atoms with Crippen LogP contribution >= 0.6 is 0 Å². The summed E-state index contributed by atoms with van der Waals surface area (Å²) in [5.41, 5.74) is 1.34. The predicted octanol–water partition coefficient (Wildman–Crippen LogP) is 2.40. The molecule has 0 saturated heterocycles. The lowest BCUT2D eigenvalue weighted by atomic mass is 10.2. The third kappa shape index (κ3) is 5.10. The Kier molecular flexibility index (Phi) is 6.21. The predicted molar refractivity (Wildman–Crippen MR) is 85.7 cm³/mol. The number of hydrogen-bond donors (Lipinski definition) is 2. The van der Waals surface area contributed by atoms with Crippen molar-refractivity contribution < 1.29 is 22.9 Å². The summed E-state index contributed by atoms with van der Waals surface area (Å²) in [4.78, 5) is 23.6. The Bertz CT molecular complexity index is 755. The van der Waals surface area contributed by atoms with Crippen molar-refractivity contribution in [2.75, 3.05) is 6.54 Å². The first kappa shape index (κ1) is 18.6. The second-order valence-electron chi connectivity index (χ2n) is 5.56. The van der Waals surface area contributed by atoms with Crippen molar-refractivity contribution >= 4 is 11.8 Å². The van der Waals surface area contributed by atoms with E-state index in [4.69, 9.17) is 4.52 Å². The van der Waals surface area contributed by atoms with Gasteiger partial charge in [0.2, 0.25) is 5.91 Å². The van der Waals surface area contributed by atoms with Gasteiger partial charge in [-0.3, -0.25) is 9.59 Å². The van der Waals surface area contributed by atoms with Crippen molar-refractivity contribution in [2.24, 2.45) is 0 Å². The third-order valence-corrected chi connectivity index (χ3v) is 3.69. The number of amides is 2. The molecule has 1 heterocycles. The van der Waals surface area contributed by atoms with Gasteiger partial charge in [0.25, 0.3) is 5.91 Å². The molecule has 2 N–H and O–H groups in total. The Balaban J connectivity index is 1.70. The smallest absolute Gasteiger partial charge is 0.254 e. The minimum Gasteiger partial charge on any atom is -0.361 e. The average Bonchev–Trinajstić information content (AvgIpc) is 2.88. The van der Waals surface area contributed by atoms with Crippen LogP contribution < -0.4 is 10.6 Å². The highest BCUT2D eigenvalue weighted by Gasteiger charge is 2.13. The molecular formula is C17H19F2N3O3. The highest BCUT2D eigenvalue weighted by molar-refractivity contribution is 5.94. The van der Waals surface area contributed by atoms with E-state index in [1.807, 2.05) is 0 Å². The summed E-state index contributed by atoms with van der Waals surface area (Å²) in [6.07, 6.45) is 0.595. The van der Waals surface area contributed by atoms with Crippen molar-refractivity contribution in [3.8, 4) is 0 Å². The Labute approximate surface area is 143 Å². The highest BCUT2D eigenvalue weighted by atomic mass is 19.1. The summed E-state index contributed by atoms with van der Waals surface area (Å²) < 4.78 is 31.3. The molecule has 1 aromatic carbocycles. The zero-order valence-electron chi connectivity index (χ0n) is 14.0. The van der Waals surface area contributed by atoms with Crippen LogP contribution in [0.15, 0.2) is 22.7 Å². The maximum absolute atomic E-state index is 13.5. The van der Waals surface area contributed by atoms with Crippen LogP contribution in [0.2, 0.25) is 0 Å². The first-order valence-electron chi connectivity index (χ1n) is 7.80. The molecule has 0 unspecified atom stereocenters. The fourth-order valence-electron chi connectivity index (χ4n) is 2.25. The molecule has 8 heteroatoms. The van der Waals surface area contributed by atoms with E-state index in [1.54, 1.807) is 13.8 Å². The minimum atomic E-state index is -0.922. The van der Waals surface area contributed by atoms with Crippen LogP contribution in [-0.2, 0) is 11.3 Å². The zero-order chi connectivity index (χ0) is 18.4. The SMILES string of the molecule is Cc1noc(C)c1CNC(=O)CCCNC(=O)c1ccc(F)cc1F. The van der Waals surface area contributed by atoms with Gasteiger partial charge in [-0.2, -0.15) is 0 Å². The normalized spacial score (nSPS) is 10.6. The Morgan fingerprint density at radius 3 is 2.60 bits per heavy atom. The van der Waals surface area contributed by atoms with Gasteiger partial charge in [0.1, 0.15) is 17.4 Å². The van der Waals surface area contributed by atoms with Crippen LogP contribution in [0.5, 0.6) is 0 Å². The van der Waals surface area contributed by atoms with Gasteiger partial charge in [-0.15, -0.1) is 0 Å². The molecule has 0 bridgehead atoms. The molecule has 25 heavy (non-hydrogen) atoms. The maximum Gasteiger partial charge on any atom is 0.254 e. The number of rotatable bonds is 7. The molecule has 0 aliphatic heterocycles. The number of hydrogen-bond acceptors (Lipinski definition) is 4. The molecule has 6 nitrogen and oxygen atoms in total. The largest absolute Gasteiger partial charge is 0.361 e. The molecule has 0 atom stereocenters. The molecule has 134 valence electrons. The number of aryl methyl sites for hydroxylation is 2. The molecule has 2 rings (SSSR count). The van der Waals surface area contributed by atoms with E-state index in [9.17, 15) is 18.4 Å². The van der Waals surface area contributed by atoms with Crippen molar-refractivity contribution in [1.29, 1.82) is 0 Å². The van der Waals surface area contributed by atoms with Gasteiger partial charge >= 0.3 is 0 Å². The van der Waals surface area contributed by atoms with Crippen molar-refractivity contribution in [3.63, 3.8) is 0 Å². The zero-order valence-corrected chi connectivity index (χ0v) is 14.0. The minimum absolute atomic E-state index is 0.179. The van der Waals surface area contributed by atoms with Gasteiger partial charge in [0, 0.05) is 31.1 Å². The van der Waals surface area contributed by atoms with E-state index < -0.39 is 17.5 Å². The van der Waals surface area contributed by atoms with Crippen LogP contribution in [-0.4, -0.2) is 23.5 Å². The van der Waals surface area contributed by atoms with Gasteiger partial charge in [-0.05, 0) is 32.4 Å². The molecular weight excluding hydrogens is 332 g/mol. The van der Waals surface area contributed by atoms with E-state index in [2.05, 4.69) is 15.8 Å². The fourth-order valence-corrected chi connectivity index (χ4v) is 2.25.